The van der Waals surface area contributed by atoms with Gasteiger partial charge >= 0.3 is 5.97 Å². The second-order valence-electron chi connectivity index (χ2n) is 5.51. The van der Waals surface area contributed by atoms with Gasteiger partial charge in [0.2, 0.25) is 0 Å². The van der Waals surface area contributed by atoms with Crippen LogP contribution in [0.5, 0.6) is 0 Å². The smallest absolute Gasteiger partial charge is 0.326 e. The summed E-state index contributed by atoms with van der Waals surface area (Å²) in [5.41, 5.74) is -0.0956. The van der Waals surface area contributed by atoms with Crippen molar-refractivity contribution in [3.05, 3.63) is 11.8 Å². The Labute approximate surface area is 140 Å². The average molecular weight is 341 g/mol. The van der Waals surface area contributed by atoms with Gasteiger partial charge in [-0.1, -0.05) is 0 Å². The van der Waals surface area contributed by atoms with Crippen LogP contribution in [0, 0.1) is 11.3 Å². The summed E-state index contributed by atoms with van der Waals surface area (Å²) in [5.74, 6) is -1.15. The molecule has 0 aromatic rings. The Morgan fingerprint density at radius 1 is 1.48 bits per heavy atom. The number of morpholine rings is 1. The van der Waals surface area contributed by atoms with Crippen molar-refractivity contribution in [2.45, 2.75) is 38.5 Å². The van der Waals surface area contributed by atoms with E-state index in [-0.39, 0.29) is 17.8 Å². The number of carboxylic acid groups (broad SMARTS) is 1. The number of thioether (sulfide) groups is 1. The van der Waals surface area contributed by atoms with E-state index in [0.717, 1.165) is 0 Å². The van der Waals surface area contributed by atoms with Crippen molar-refractivity contribution in [2.24, 2.45) is 0 Å². The van der Waals surface area contributed by atoms with Crippen molar-refractivity contribution in [3.8, 4) is 6.07 Å². The Bertz CT molecular complexity index is 493. The normalized spacial score (nSPS) is 23.0. The first-order valence-corrected chi connectivity index (χ1v) is 8.80. The molecule has 0 saturated carbocycles. The predicted octanol–water partition coefficient (Wildman–Crippen LogP) is 0.826. The summed E-state index contributed by atoms with van der Waals surface area (Å²) in [6.07, 6.45) is 3.67. The number of ether oxygens (including phenoxy) is 1. The van der Waals surface area contributed by atoms with Gasteiger partial charge in [-0.2, -0.15) is 17.0 Å². The number of nitrogens with zero attached hydrogens (tertiary/aromatic N) is 2. The molecule has 1 aliphatic rings. The molecule has 1 fully saturated rings. The summed E-state index contributed by atoms with van der Waals surface area (Å²) in [6.45, 7) is 5.01. The highest BCUT2D eigenvalue weighted by atomic mass is 32.2. The molecule has 1 amide bonds. The van der Waals surface area contributed by atoms with Crippen LogP contribution in [-0.2, 0) is 14.3 Å². The first-order chi connectivity index (χ1) is 10.9. The highest BCUT2D eigenvalue weighted by Crippen LogP contribution is 2.12. The second-order valence-corrected chi connectivity index (χ2v) is 6.50. The van der Waals surface area contributed by atoms with Gasteiger partial charge in [0.25, 0.3) is 5.91 Å². The number of nitrogens with one attached hydrogen (secondary N) is 1. The summed E-state index contributed by atoms with van der Waals surface area (Å²) in [5, 5.41) is 20.8. The van der Waals surface area contributed by atoms with Crippen LogP contribution in [0.4, 0.5) is 0 Å². The Hall–Kier alpha value is -1.72. The standard InChI is InChI=1S/C15H23N3O4S/c1-10-7-18(8-11(2)22-10)9-12(6-16)14(19)17-13(15(20)21)4-5-23-3/h9-11,13H,4-5,7-8H2,1-3H3,(H,17,19)(H,20,21)/b12-9-. The second kappa shape index (κ2) is 9.43. The lowest BCUT2D eigenvalue weighted by Gasteiger charge is -2.34. The van der Waals surface area contributed by atoms with Crippen LogP contribution in [0.2, 0.25) is 0 Å². The van der Waals surface area contributed by atoms with Gasteiger partial charge in [0.15, 0.2) is 0 Å². The summed E-state index contributed by atoms with van der Waals surface area (Å²) < 4.78 is 5.60. The van der Waals surface area contributed by atoms with Gasteiger partial charge in [-0.3, -0.25) is 4.79 Å². The lowest BCUT2D eigenvalue weighted by molar-refractivity contribution is -0.141. The van der Waals surface area contributed by atoms with Crippen LogP contribution < -0.4 is 5.32 Å². The number of rotatable bonds is 7. The minimum atomic E-state index is -1.10. The molecular weight excluding hydrogens is 318 g/mol. The summed E-state index contributed by atoms with van der Waals surface area (Å²) in [4.78, 5) is 25.2. The van der Waals surface area contributed by atoms with E-state index in [2.05, 4.69) is 5.32 Å². The molecule has 0 spiro atoms. The Morgan fingerprint density at radius 2 is 2.09 bits per heavy atom. The molecular formula is C15H23N3O4S. The highest BCUT2D eigenvalue weighted by Gasteiger charge is 2.24. The number of amides is 1. The zero-order valence-electron chi connectivity index (χ0n) is 13.6. The van der Waals surface area contributed by atoms with Gasteiger partial charge in [0.05, 0.1) is 12.2 Å². The molecule has 8 heteroatoms. The number of hydrogen-bond donors (Lipinski definition) is 2. The Balaban J connectivity index is 2.75. The number of aliphatic carboxylic acids is 1. The largest absolute Gasteiger partial charge is 0.480 e. The summed E-state index contributed by atoms with van der Waals surface area (Å²) >= 11 is 1.50. The molecule has 1 aliphatic heterocycles. The van der Waals surface area contributed by atoms with Crippen molar-refractivity contribution in [2.75, 3.05) is 25.1 Å². The molecule has 0 aromatic carbocycles. The minimum Gasteiger partial charge on any atom is -0.480 e. The molecule has 2 N–H and O–H groups in total. The van der Waals surface area contributed by atoms with Crippen LogP contribution in [-0.4, -0.2) is 65.2 Å². The fourth-order valence-corrected chi connectivity index (χ4v) is 2.84. The van der Waals surface area contributed by atoms with Crippen molar-refractivity contribution < 1.29 is 19.4 Å². The van der Waals surface area contributed by atoms with Gasteiger partial charge in [0, 0.05) is 19.3 Å². The average Bonchev–Trinajstić information content (AvgIpc) is 2.47. The van der Waals surface area contributed by atoms with Gasteiger partial charge in [-0.05, 0) is 32.3 Å². The van der Waals surface area contributed by atoms with Gasteiger partial charge in [0.1, 0.15) is 17.7 Å². The monoisotopic (exact) mass is 341 g/mol. The molecule has 3 unspecified atom stereocenters. The van der Waals surface area contributed by atoms with Crippen molar-refractivity contribution in [3.63, 3.8) is 0 Å². The molecule has 7 nitrogen and oxygen atoms in total. The zero-order valence-corrected chi connectivity index (χ0v) is 14.4. The van der Waals surface area contributed by atoms with Gasteiger partial charge in [-0.25, -0.2) is 4.79 Å². The van der Waals surface area contributed by atoms with Gasteiger partial charge < -0.3 is 20.1 Å². The number of hydrogen-bond acceptors (Lipinski definition) is 6. The van der Waals surface area contributed by atoms with E-state index in [0.29, 0.717) is 25.3 Å². The number of carbonyl (C=O) groups excluding carboxylic acids is 1. The van der Waals surface area contributed by atoms with E-state index in [9.17, 15) is 14.9 Å². The molecule has 23 heavy (non-hydrogen) atoms. The maximum absolute atomic E-state index is 12.2. The zero-order chi connectivity index (χ0) is 17.4. The number of carboxylic acids is 1. The van der Waals surface area contributed by atoms with E-state index in [1.807, 2.05) is 31.1 Å². The van der Waals surface area contributed by atoms with Gasteiger partial charge in [-0.15, -0.1) is 0 Å². The van der Waals surface area contributed by atoms with E-state index < -0.39 is 17.9 Å². The minimum absolute atomic E-state index is 0.00588. The molecule has 1 saturated heterocycles. The number of carbonyl (C=O) groups is 2. The quantitative estimate of drug-likeness (QED) is 0.522. The number of nitriles is 1. The summed E-state index contributed by atoms with van der Waals surface area (Å²) in [6, 6.07) is 0.856. The highest BCUT2D eigenvalue weighted by molar-refractivity contribution is 7.98. The Morgan fingerprint density at radius 3 is 2.57 bits per heavy atom. The topological polar surface area (TPSA) is 103 Å². The molecule has 3 atom stereocenters. The maximum atomic E-state index is 12.2. The molecule has 0 aliphatic carbocycles. The fraction of sp³-hybridized carbons (Fsp3) is 0.667. The predicted molar refractivity (Wildman–Crippen MR) is 87.8 cm³/mol. The van der Waals surface area contributed by atoms with Crippen LogP contribution in [0.1, 0.15) is 20.3 Å². The SMILES string of the molecule is CSCCC(NC(=O)/C(C#N)=C\N1CC(C)OC(C)C1)C(=O)O. The third kappa shape index (κ3) is 6.50. The lowest BCUT2D eigenvalue weighted by Crippen LogP contribution is -2.44. The van der Waals surface area contributed by atoms with Crippen LogP contribution in [0.15, 0.2) is 11.8 Å². The van der Waals surface area contributed by atoms with Crippen molar-refractivity contribution >= 4 is 23.6 Å². The third-order valence-electron chi connectivity index (χ3n) is 3.34. The fourth-order valence-electron chi connectivity index (χ4n) is 2.37. The first kappa shape index (κ1) is 19.3. The first-order valence-electron chi connectivity index (χ1n) is 7.41. The van der Waals surface area contributed by atoms with E-state index in [1.165, 1.54) is 18.0 Å². The molecule has 0 bridgehead atoms. The lowest BCUT2D eigenvalue weighted by atomic mass is 10.2. The van der Waals surface area contributed by atoms with Crippen LogP contribution in [0.3, 0.4) is 0 Å². The van der Waals surface area contributed by atoms with E-state index >= 15 is 0 Å². The van der Waals surface area contributed by atoms with Crippen LogP contribution in [0.25, 0.3) is 0 Å². The summed E-state index contributed by atoms with van der Waals surface area (Å²) in [7, 11) is 0. The molecule has 128 valence electrons. The maximum Gasteiger partial charge on any atom is 0.326 e. The third-order valence-corrected chi connectivity index (χ3v) is 3.98. The van der Waals surface area contributed by atoms with Crippen LogP contribution >= 0.6 is 11.8 Å². The van der Waals surface area contributed by atoms with Crippen molar-refractivity contribution in [1.82, 2.24) is 10.2 Å². The van der Waals surface area contributed by atoms with Crippen molar-refractivity contribution in [1.29, 1.82) is 5.26 Å². The van der Waals surface area contributed by atoms with E-state index in [1.54, 1.807) is 0 Å². The molecule has 1 heterocycles. The molecule has 0 aromatic heterocycles. The molecule has 0 radical (unpaired) electrons. The molecule has 1 rings (SSSR count). The Kier molecular flexibility index (Phi) is 7.92. The van der Waals surface area contributed by atoms with E-state index in [4.69, 9.17) is 9.84 Å².